The molecule has 0 unspecified atom stereocenters. The van der Waals surface area contributed by atoms with Crippen LogP contribution >= 0.6 is 0 Å². The van der Waals surface area contributed by atoms with Gasteiger partial charge in [-0.2, -0.15) is 0 Å². The van der Waals surface area contributed by atoms with Crippen molar-refractivity contribution in [3.63, 3.8) is 0 Å². The number of hydrogen-bond donors (Lipinski definition) is 0. The van der Waals surface area contributed by atoms with Crippen LogP contribution in [0.2, 0.25) is 0 Å². The fourth-order valence-corrected chi connectivity index (χ4v) is 7.79. The van der Waals surface area contributed by atoms with Crippen molar-refractivity contribution in [3.05, 3.63) is 188 Å². The van der Waals surface area contributed by atoms with Crippen LogP contribution in [0, 0.1) is 0 Å². The summed E-state index contributed by atoms with van der Waals surface area (Å²) in [6.45, 7) is 0. The lowest BCUT2D eigenvalue weighted by molar-refractivity contribution is 0.668. The van der Waals surface area contributed by atoms with E-state index < -0.39 is 0 Å². The van der Waals surface area contributed by atoms with Crippen molar-refractivity contribution >= 4 is 43.9 Å². The fraction of sp³-hybridized carbons (Fsp3) is 0. The molecule has 8 aromatic carbocycles. The molecule has 0 bridgehead atoms. The molecular weight excluding hydrogens is 687 g/mol. The summed E-state index contributed by atoms with van der Waals surface area (Å²) in [5.41, 5.74) is 12.7. The summed E-state index contributed by atoms with van der Waals surface area (Å²) in [5.74, 6) is 1.69. The highest BCUT2D eigenvalue weighted by atomic mass is 16.3. The summed E-state index contributed by atoms with van der Waals surface area (Å²) in [5, 5.41) is 4.03. The summed E-state index contributed by atoms with van der Waals surface area (Å²) in [6.07, 6.45) is 0. The SMILES string of the molecule is c1ccc(-c2ccc(-c3ccc(-c4ccc5c(c4)oc4cccc(-c6nc(-c7ccccc7)nc(-c7cccc8c7oc7ccccc78)n6)c45)cc3)cc2)cc1. The molecule has 0 spiro atoms. The Labute approximate surface area is 322 Å². The molecule has 11 rings (SSSR count). The second-order valence-corrected chi connectivity index (χ2v) is 14.0. The lowest BCUT2D eigenvalue weighted by atomic mass is 9.97. The molecule has 0 atom stereocenters. The number of aromatic nitrogens is 3. The number of para-hydroxylation sites is 2. The third-order valence-electron chi connectivity index (χ3n) is 10.6. The molecule has 0 aliphatic rings. The van der Waals surface area contributed by atoms with Crippen LogP contribution in [0.5, 0.6) is 0 Å². The molecule has 0 N–H and O–H groups in total. The first-order chi connectivity index (χ1) is 27.7. The van der Waals surface area contributed by atoms with E-state index in [4.69, 9.17) is 23.8 Å². The Morgan fingerprint density at radius 1 is 0.286 bits per heavy atom. The lowest BCUT2D eigenvalue weighted by Crippen LogP contribution is -2.00. The maximum Gasteiger partial charge on any atom is 0.167 e. The predicted molar refractivity (Wildman–Crippen MR) is 227 cm³/mol. The average molecular weight is 718 g/mol. The van der Waals surface area contributed by atoms with E-state index in [9.17, 15) is 0 Å². The van der Waals surface area contributed by atoms with Crippen LogP contribution in [0.1, 0.15) is 0 Å². The number of rotatable bonds is 6. The molecule has 5 nitrogen and oxygen atoms in total. The van der Waals surface area contributed by atoms with Crippen molar-refractivity contribution in [1.29, 1.82) is 0 Å². The van der Waals surface area contributed by atoms with Crippen LogP contribution in [-0.2, 0) is 0 Å². The molecule has 0 amide bonds. The van der Waals surface area contributed by atoms with Crippen LogP contribution in [0.25, 0.3) is 111 Å². The first-order valence-electron chi connectivity index (χ1n) is 18.7. The molecule has 0 aliphatic carbocycles. The van der Waals surface area contributed by atoms with Gasteiger partial charge in [-0.25, -0.2) is 15.0 Å². The first kappa shape index (κ1) is 31.9. The zero-order chi connectivity index (χ0) is 37.0. The van der Waals surface area contributed by atoms with Gasteiger partial charge >= 0.3 is 0 Å². The van der Waals surface area contributed by atoms with Crippen molar-refractivity contribution in [2.75, 3.05) is 0 Å². The lowest BCUT2D eigenvalue weighted by Gasteiger charge is -2.09. The number of furan rings is 2. The number of fused-ring (bicyclic) bond motifs is 6. The summed E-state index contributed by atoms with van der Waals surface area (Å²) in [4.78, 5) is 15.3. The molecule has 0 radical (unpaired) electrons. The highest BCUT2D eigenvalue weighted by molar-refractivity contribution is 6.13. The molecule has 0 saturated heterocycles. The molecule has 56 heavy (non-hydrogen) atoms. The predicted octanol–water partition coefficient (Wildman–Crippen LogP) is 13.7. The zero-order valence-corrected chi connectivity index (χ0v) is 30.1. The Kier molecular flexibility index (Phi) is 7.42. The van der Waals surface area contributed by atoms with Gasteiger partial charge in [-0.3, -0.25) is 0 Å². The Morgan fingerprint density at radius 3 is 1.50 bits per heavy atom. The summed E-state index contributed by atoms with van der Waals surface area (Å²) >= 11 is 0. The monoisotopic (exact) mass is 717 g/mol. The molecular formula is C51H31N3O2. The van der Waals surface area contributed by atoms with Crippen molar-refractivity contribution in [3.8, 4) is 67.5 Å². The van der Waals surface area contributed by atoms with Crippen molar-refractivity contribution < 1.29 is 8.83 Å². The Bertz CT molecular complexity index is 3220. The fourth-order valence-electron chi connectivity index (χ4n) is 7.79. The van der Waals surface area contributed by atoms with Crippen molar-refractivity contribution in [1.82, 2.24) is 15.0 Å². The van der Waals surface area contributed by atoms with Crippen LogP contribution in [0.15, 0.2) is 197 Å². The summed E-state index contributed by atoms with van der Waals surface area (Å²) in [6, 6.07) is 64.7. The highest BCUT2D eigenvalue weighted by Gasteiger charge is 2.20. The topological polar surface area (TPSA) is 65.0 Å². The van der Waals surface area contributed by atoms with Crippen molar-refractivity contribution in [2.24, 2.45) is 0 Å². The number of nitrogens with zero attached hydrogens (tertiary/aromatic N) is 3. The van der Waals surface area contributed by atoms with E-state index in [2.05, 4.69) is 109 Å². The van der Waals surface area contributed by atoms with Gasteiger partial charge in [-0.1, -0.05) is 158 Å². The minimum Gasteiger partial charge on any atom is -0.456 e. The van der Waals surface area contributed by atoms with Gasteiger partial charge in [-0.15, -0.1) is 0 Å². The number of hydrogen-bond acceptors (Lipinski definition) is 5. The smallest absolute Gasteiger partial charge is 0.167 e. The van der Waals surface area contributed by atoms with E-state index in [1.54, 1.807) is 0 Å². The minimum atomic E-state index is 0.543. The second kappa shape index (κ2) is 13.0. The van der Waals surface area contributed by atoms with Crippen LogP contribution < -0.4 is 0 Å². The molecule has 0 aliphatic heterocycles. The second-order valence-electron chi connectivity index (χ2n) is 14.0. The van der Waals surface area contributed by atoms with E-state index in [0.717, 1.165) is 71.7 Å². The molecule has 3 heterocycles. The summed E-state index contributed by atoms with van der Waals surface area (Å²) in [7, 11) is 0. The van der Waals surface area contributed by atoms with Crippen LogP contribution in [0.3, 0.4) is 0 Å². The van der Waals surface area contributed by atoms with Crippen LogP contribution in [0.4, 0.5) is 0 Å². The third-order valence-corrected chi connectivity index (χ3v) is 10.6. The van der Waals surface area contributed by atoms with Crippen molar-refractivity contribution in [2.45, 2.75) is 0 Å². The normalized spacial score (nSPS) is 11.6. The van der Waals surface area contributed by atoms with Gasteiger partial charge in [0, 0.05) is 32.7 Å². The van der Waals surface area contributed by atoms with E-state index in [1.807, 2.05) is 78.9 Å². The van der Waals surface area contributed by atoms with Gasteiger partial charge in [0.15, 0.2) is 17.5 Å². The summed E-state index contributed by atoms with van der Waals surface area (Å²) < 4.78 is 13.0. The largest absolute Gasteiger partial charge is 0.456 e. The average Bonchev–Trinajstić information content (AvgIpc) is 3.85. The van der Waals surface area contributed by atoms with E-state index in [-0.39, 0.29) is 0 Å². The quantitative estimate of drug-likeness (QED) is 0.171. The maximum absolute atomic E-state index is 6.55. The Balaban J connectivity index is 0.990. The molecule has 5 heteroatoms. The van der Waals surface area contributed by atoms with Gasteiger partial charge in [0.25, 0.3) is 0 Å². The molecule has 262 valence electrons. The van der Waals surface area contributed by atoms with E-state index in [0.29, 0.717) is 17.5 Å². The van der Waals surface area contributed by atoms with Gasteiger partial charge in [0.05, 0.1) is 5.56 Å². The molecule has 0 fully saturated rings. The van der Waals surface area contributed by atoms with Gasteiger partial charge < -0.3 is 8.83 Å². The van der Waals surface area contributed by atoms with Gasteiger partial charge in [0.2, 0.25) is 0 Å². The third kappa shape index (κ3) is 5.45. The minimum absolute atomic E-state index is 0.543. The standard InChI is InChI=1S/C51H31N3O2/c1-3-11-32(12-4-1)33-21-23-34(24-22-33)35-25-27-36(28-26-35)38-29-30-41-46(31-38)55-45-20-10-17-42(47(41)45)50-52-49(37-13-5-2-6-14-37)53-51(54-50)43-18-9-16-40-39-15-7-8-19-44(39)56-48(40)43/h1-31H. The van der Waals surface area contributed by atoms with Crippen LogP contribution in [-0.4, -0.2) is 15.0 Å². The Morgan fingerprint density at radius 2 is 0.786 bits per heavy atom. The van der Waals surface area contributed by atoms with E-state index >= 15 is 0 Å². The first-order valence-corrected chi connectivity index (χ1v) is 18.7. The number of benzene rings is 8. The molecule has 3 aromatic heterocycles. The zero-order valence-electron chi connectivity index (χ0n) is 30.1. The Hall–Kier alpha value is -7.63. The van der Waals surface area contributed by atoms with E-state index in [1.165, 1.54) is 22.3 Å². The van der Waals surface area contributed by atoms with Gasteiger partial charge in [-0.05, 0) is 63.7 Å². The molecule has 0 saturated carbocycles. The maximum atomic E-state index is 6.55. The molecule has 11 aromatic rings. The van der Waals surface area contributed by atoms with Gasteiger partial charge in [0.1, 0.15) is 22.3 Å². The highest BCUT2D eigenvalue weighted by Crippen LogP contribution is 2.40.